The Hall–Kier alpha value is -1.71. The molecule has 108 valence electrons. The van der Waals surface area contributed by atoms with Crippen molar-refractivity contribution in [3.63, 3.8) is 0 Å². The second-order valence-electron chi connectivity index (χ2n) is 5.52. The van der Waals surface area contributed by atoms with Crippen molar-refractivity contribution in [2.24, 2.45) is 0 Å². The van der Waals surface area contributed by atoms with E-state index in [0.29, 0.717) is 17.4 Å². The quantitative estimate of drug-likeness (QED) is 0.871. The van der Waals surface area contributed by atoms with Crippen LogP contribution in [0.1, 0.15) is 16.8 Å². The third-order valence-corrected chi connectivity index (χ3v) is 4.05. The van der Waals surface area contributed by atoms with Crippen LogP contribution in [0.25, 0.3) is 0 Å². The lowest BCUT2D eigenvalue weighted by molar-refractivity contribution is 0.122. The summed E-state index contributed by atoms with van der Waals surface area (Å²) in [5, 5.41) is 20.8. The first-order valence-electron chi connectivity index (χ1n) is 6.89. The van der Waals surface area contributed by atoms with Gasteiger partial charge in [0.15, 0.2) is 5.82 Å². The van der Waals surface area contributed by atoms with Crippen LogP contribution in [0.2, 0.25) is 0 Å². The summed E-state index contributed by atoms with van der Waals surface area (Å²) in [5.41, 5.74) is 2.31. The predicted octanol–water partition coefficient (Wildman–Crippen LogP) is 0.623. The molecule has 1 saturated heterocycles. The highest BCUT2D eigenvalue weighted by atomic mass is 15.3. The van der Waals surface area contributed by atoms with Crippen LogP contribution in [-0.4, -0.2) is 66.3 Å². The van der Waals surface area contributed by atoms with Crippen molar-refractivity contribution in [3.05, 3.63) is 16.8 Å². The van der Waals surface area contributed by atoms with Crippen molar-refractivity contribution in [3.8, 4) is 6.07 Å². The van der Waals surface area contributed by atoms with Crippen LogP contribution >= 0.6 is 0 Å². The highest BCUT2D eigenvalue weighted by molar-refractivity contribution is 5.55. The maximum Gasteiger partial charge on any atom is 0.166 e. The van der Waals surface area contributed by atoms with Crippen LogP contribution in [0.4, 0.5) is 5.82 Å². The first-order chi connectivity index (χ1) is 9.52. The first-order valence-corrected chi connectivity index (χ1v) is 6.89. The average Bonchev–Trinajstić information content (AvgIpc) is 2.43. The Kier molecular flexibility index (Phi) is 4.53. The molecule has 0 saturated carbocycles. The fraction of sp³-hybridized carbons (Fsp3) is 0.643. The first kappa shape index (κ1) is 14.7. The highest BCUT2D eigenvalue weighted by Gasteiger charge is 2.22. The molecular formula is C14H22N6. The number of nitrogens with zero attached hydrogens (tertiary/aromatic N) is 5. The fourth-order valence-corrected chi connectivity index (χ4v) is 2.41. The van der Waals surface area contributed by atoms with Gasteiger partial charge in [-0.15, -0.1) is 5.10 Å². The standard InChI is InChI=1S/C14H22N6/c1-10-11(2)17-18-14(13(10)7-15)16-8-12-9-19(3)5-6-20(12)4/h12H,5-6,8-9H2,1-4H3,(H,16,18). The molecule has 1 aromatic heterocycles. The molecule has 1 unspecified atom stereocenters. The number of nitrogens with one attached hydrogen (secondary N) is 1. The highest BCUT2D eigenvalue weighted by Crippen LogP contribution is 2.17. The Morgan fingerprint density at radius 1 is 1.30 bits per heavy atom. The number of likely N-dealkylation sites (N-methyl/N-ethyl adjacent to an activating group) is 2. The van der Waals surface area contributed by atoms with Gasteiger partial charge in [0.1, 0.15) is 11.6 Å². The molecule has 2 rings (SSSR count). The number of anilines is 1. The van der Waals surface area contributed by atoms with Crippen molar-refractivity contribution in [1.82, 2.24) is 20.0 Å². The van der Waals surface area contributed by atoms with Crippen molar-refractivity contribution in [1.29, 1.82) is 5.26 Å². The van der Waals surface area contributed by atoms with Crippen molar-refractivity contribution in [2.75, 3.05) is 45.6 Å². The van der Waals surface area contributed by atoms with Gasteiger partial charge in [0.05, 0.1) is 5.69 Å². The topological polar surface area (TPSA) is 68.1 Å². The van der Waals surface area contributed by atoms with Crippen molar-refractivity contribution >= 4 is 5.82 Å². The third kappa shape index (κ3) is 3.06. The van der Waals surface area contributed by atoms with Crippen LogP contribution in [-0.2, 0) is 0 Å². The molecular weight excluding hydrogens is 252 g/mol. The van der Waals surface area contributed by atoms with E-state index >= 15 is 0 Å². The zero-order chi connectivity index (χ0) is 14.7. The summed E-state index contributed by atoms with van der Waals surface area (Å²) in [4.78, 5) is 4.66. The predicted molar refractivity (Wildman–Crippen MR) is 78.6 cm³/mol. The van der Waals surface area contributed by atoms with Gasteiger partial charge < -0.3 is 10.2 Å². The number of hydrogen-bond donors (Lipinski definition) is 1. The smallest absolute Gasteiger partial charge is 0.166 e. The van der Waals surface area contributed by atoms with Gasteiger partial charge in [-0.2, -0.15) is 10.4 Å². The zero-order valence-corrected chi connectivity index (χ0v) is 12.6. The van der Waals surface area contributed by atoms with Crippen LogP contribution in [0.5, 0.6) is 0 Å². The summed E-state index contributed by atoms with van der Waals surface area (Å²) < 4.78 is 0. The molecule has 0 bridgehead atoms. The van der Waals surface area contributed by atoms with E-state index in [1.54, 1.807) is 0 Å². The lowest BCUT2D eigenvalue weighted by Crippen LogP contribution is -2.52. The van der Waals surface area contributed by atoms with Gasteiger partial charge in [0, 0.05) is 32.2 Å². The van der Waals surface area contributed by atoms with E-state index < -0.39 is 0 Å². The molecule has 6 heteroatoms. The number of aromatic nitrogens is 2. The van der Waals surface area contributed by atoms with Crippen LogP contribution in [0, 0.1) is 25.2 Å². The molecule has 1 fully saturated rings. The maximum absolute atomic E-state index is 9.28. The van der Waals surface area contributed by atoms with Crippen LogP contribution in [0.15, 0.2) is 0 Å². The summed E-state index contributed by atoms with van der Waals surface area (Å²) in [7, 11) is 4.27. The zero-order valence-electron chi connectivity index (χ0n) is 12.6. The Bertz CT molecular complexity index is 521. The molecule has 0 radical (unpaired) electrons. The van der Waals surface area contributed by atoms with Crippen LogP contribution < -0.4 is 5.32 Å². The van der Waals surface area contributed by atoms with E-state index in [4.69, 9.17) is 0 Å². The van der Waals surface area contributed by atoms with Gasteiger partial charge in [-0.3, -0.25) is 4.90 Å². The average molecular weight is 274 g/mol. The molecule has 0 amide bonds. The minimum absolute atomic E-state index is 0.420. The Morgan fingerprint density at radius 2 is 2.05 bits per heavy atom. The number of nitriles is 1. The van der Waals surface area contributed by atoms with E-state index in [9.17, 15) is 5.26 Å². The second-order valence-corrected chi connectivity index (χ2v) is 5.52. The summed E-state index contributed by atoms with van der Waals surface area (Å²) in [6.07, 6.45) is 0. The van der Waals surface area contributed by atoms with Gasteiger partial charge >= 0.3 is 0 Å². The Morgan fingerprint density at radius 3 is 2.75 bits per heavy atom. The van der Waals surface area contributed by atoms with Gasteiger partial charge in [-0.05, 0) is 33.5 Å². The Labute approximate surface area is 120 Å². The summed E-state index contributed by atoms with van der Waals surface area (Å²) in [5.74, 6) is 0.595. The molecule has 1 aliphatic rings. The molecule has 2 heterocycles. The lowest BCUT2D eigenvalue weighted by Gasteiger charge is -2.37. The molecule has 1 N–H and O–H groups in total. The molecule has 0 aliphatic carbocycles. The van der Waals surface area contributed by atoms with Gasteiger partial charge in [0.25, 0.3) is 0 Å². The number of hydrogen-bond acceptors (Lipinski definition) is 6. The van der Waals surface area contributed by atoms with Crippen molar-refractivity contribution in [2.45, 2.75) is 19.9 Å². The summed E-state index contributed by atoms with van der Waals surface area (Å²) in [6, 6.07) is 2.64. The normalized spacial score (nSPS) is 20.6. The number of aryl methyl sites for hydroxylation is 1. The van der Waals surface area contributed by atoms with Gasteiger partial charge in [-0.25, -0.2) is 0 Å². The molecule has 1 atom stereocenters. The van der Waals surface area contributed by atoms with Crippen LogP contribution in [0.3, 0.4) is 0 Å². The van der Waals surface area contributed by atoms with E-state index in [1.165, 1.54) is 0 Å². The fourth-order valence-electron chi connectivity index (χ4n) is 2.41. The number of piperazine rings is 1. The molecule has 0 aromatic carbocycles. The monoisotopic (exact) mass is 274 g/mol. The van der Waals surface area contributed by atoms with E-state index in [2.05, 4.69) is 45.5 Å². The maximum atomic E-state index is 9.28. The minimum atomic E-state index is 0.420. The minimum Gasteiger partial charge on any atom is -0.366 e. The second kappa shape index (κ2) is 6.16. The SMILES string of the molecule is Cc1nnc(NCC2CN(C)CCN2C)c(C#N)c1C. The molecule has 6 nitrogen and oxygen atoms in total. The largest absolute Gasteiger partial charge is 0.366 e. The molecule has 1 aliphatic heterocycles. The van der Waals surface area contributed by atoms with E-state index in [-0.39, 0.29) is 0 Å². The van der Waals surface area contributed by atoms with Crippen molar-refractivity contribution < 1.29 is 0 Å². The molecule has 20 heavy (non-hydrogen) atoms. The summed E-state index contributed by atoms with van der Waals surface area (Å²) in [6.45, 7) is 7.73. The number of rotatable bonds is 3. The van der Waals surface area contributed by atoms with Gasteiger partial charge in [-0.1, -0.05) is 0 Å². The van der Waals surface area contributed by atoms with E-state index in [1.807, 2.05) is 13.8 Å². The molecule has 1 aromatic rings. The summed E-state index contributed by atoms with van der Waals surface area (Å²) >= 11 is 0. The third-order valence-electron chi connectivity index (χ3n) is 4.05. The Balaban J connectivity index is 2.08. The van der Waals surface area contributed by atoms with Gasteiger partial charge in [0.2, 0.25) is 0 Å². The lowest BCUT2D eigenvalue weighted by atomic mass is 10.1. The molecule has 0 spiro atoms. The van der Waals surface area contributed by atoms with E-state index in [0.717, 1.165) is 37.4 Å².